The number of aromatic nitrogens is 1. The third-order valence-electron chi connectivity index (χ3n) is 4.14. The minimum Gasteiger partial charge on any atom is -0.506 e. The highest BCUT2D eigenvalue weighted by Crippen LogP contribution is 2.27. The van der Waals surface area contributed by atoms with Crippen molar-refractivity contribution < 1.29 is 5.11 Å². The lowest BCUT2D eigenvalue weighted by atomic mass is 9.94. The summed E-state index contributed by atoms with van der Waals surface area (Å²) in [6.07, 6.45) is 2.63. The molecule has 2 N–H and O–H groups in total. The van der Waals surface area contributed by atoms with Gasteiger partial charge in [-0.15, -0.1) is 0 Å². The Morgan fingerprint density at radius 3 is 3.17 bits per heavy atom. The van der Waals surface area contributed by atoms with Crippen molar-refractivity contribution in [2.75, 3.05) is 19.6 Å². The van der Waals surface area contributed by atoms with Crippen LogP contribution in [0.2, 0.25) is 0 Å². The predicted octanol–water partition coefficient (Wildman–Crippen LogP) is 1.28. The fourth-order valence-corrected chi connectivity index (χ4v) is 3.20. The van der Waals surface area contributed by atoms with Crippen LogP contribution in [0.4, 0.5) is 0 Å². The molecule has 0 bridgehead atoms. The van der Waals surface area contributed by atoms with Gasteiger partial charge in [-0.25, -0.2) is 0 Å². The number of nitrogens with zero attached hydrogens (tertiary/aromatic N) is 2. The number of nitrogens with one attached hydrogen (secondary N) is 1. The normalized spacial score (nSPS) is 28.3. The maximum Gasteiger partial charge on any atom is 0.138 e. The molecular weight excluding hydrogens is 226 g/mol. The molecule has 0 aliphatic carbocycles. The van der Waals surface area contributed by atoms with E-state index >= 15 is 0 Å². The van der Waals surface area contributed by atoms with Gasteiger partial charge in [-0.05, 0) is 44.4 Å². The van der Waals surface area contributed by atoms with Crippen LogP contribution in [0.15, 0.2) is 12.1 Å². The molecule has 2 saturated heterocycles. The molecule has 18 heavy (non-hydrogen) atoms. The smallest absolute Gasteiger partial charge is 0.138 e. The van der Waals surface area contributed by atoms with Crippen LogP contribution < -0.4 is 5.32 Å². The number of rotatable bonds is 2. The van der Waals surface area contributed by atoms with Gasteiger partial charge in [0.2, 0.25) is 0 Å². The summed E-state index contributed by atoms with van der Waals surface area (Å²) in [5.41, 5.74) is 1.78. The average molecular weight is 247 g/mol. The summed E-state index contributed by atoms with van der Waals surface area (Å²) < 4.78 is 0. The first-order chi connectivity index (χ1) is 8.72. The Morgan fingerprint density at radius 2 is 2.33 bits per heavy atom. The van der Waals surface area contributed by atoms with Crippen molar-refractivity contribution in [3.63, 3.8) is 0 Å². The van der Waals surface area contributed by atoms with Gasteiger partial charge in [0.05, 0.1) is 5.69 Å². The van der Waals surface area contributed by atoms with Crippen LogP contribution in [-0.2, 0) is 6.54 Å². The van der Waals surface area contributed by atoms with Gasteiger partial charge in [-0.3, -0.25) is 9.88 Å². The standard InChI is InChI=1S/C14H21N3O/c1-10-4-5-14(18)13(16-10)9-17-7-11-3-2-6-15-12(11)8-17/h4-5,11-12,15,18H,2-3,6-9H2,1H3/t11-,12+/m0/s1. The van der Waals surface area contributed by atoms with E-state index in [0.717, 1.165) is 43.5 Å². The summed E-state index contributed by atoms with van der Waals surface area (Å²) in [5, 5.41) is 13.4. The molecule has 2 fully saturated rings. The van der Waals surface area contributed by atoms with E-state index in [1.165, 1.54) is 12.8 Å². The molecule has 98 valence electrons. The van der Waals surface area contributed by atoms with E-state index in [0.29, 0.717) is 11.8 Å². The number of aromatic hydroxyl groups is 1. The van der Waals surface area contributed by atoms with Crippen molar-refractivity contribution in [1.82, 2.24) is 15.2 Å². The monoisotopic (exact) mass is 247 g/mol. The van der Waals surface area contributed by atoms with Crippen LogP contribution in [0, 0.1) is 12.8 Å². The second-order valence-electron chi connectivity index (χ2n) is 5.58. The van der Waals surface area contributed by atoms with Gasteiger partial charge >= 0.3 is 0 Å². The molecule has 4 heteroatoms. The molecule has 0 radical (unpaired) electrons. The number of aryl methyl sites for hydroxylation is 1. The van der Waals surface area contributed by atoms with Crippen LogP contribution in [0.25, 0.3) is 0 Å². The van der Waals surface area contributed by atoms with Crippen LogP contribution in [0.3, 0.4) is 0 Å². The van der Waals surface area contributed by atoms with Crippen LogP contribution in [0.1, 0.15) is 24.2 Å². The Labute approximate surface area is 108 Å². The van der Waals surface area contributed by atoms with Gasteiger partial charge in [-0.2, -0.15) is 0 Å². The van der Waals surface area contributed by atoms with Crippen LogP contribution in [0.5, 0.6) is 5.75 Å². The molecule has 3 heterocycles. The molecule has 0 aromatic carbocycles. The molecule has 0 unspecified atom stereocenters. The van der Waals surface area contributed by atoms with E-state index in [1.807, 2.05) is 13.0 Å². The molecule has 2 aliphatic heterocycles. The number of hydrogen-bond acceptors (Lipinski definition) is 4. The summed E-state index contributed by atoms with van der Waals surface area (Å²) in [5.74, 6) is 1.11. The van der Waals surface area contributed by atoms with Gasteiger partial charge in [0.1, 0.15) is 5.75 Å². The van der Waals surface area contributed by atoms with Crippen LogP contribution in [-0.4, -0.2) is 40.7 Å². The van der Waals surface area contributed by atoms with E-state index in [2.05, 4.69) is 15.2 Å². The van der Waals surface area contributed by atoms with Crippen molar-refractivity contribution in [2.45, 2.75) is 32.4 Å². The van der Waals surface area contributed by atoms with Crippen molar-refractivity contribution in [2.24, 2.45) is 5.92 Å². The van der Waals surface area contributed by atoms with Crippen LogP contribution >= 0.6 is 0 Å². The van der Waals surface area contributed by atoms with Crippen molar-refractivity contribution in [3.05, 3.63) is 23.5 Å². The Balaban J connectivity index is 1.68. The number of fused-ring (bicyclic) bond motifs is 1. The second kappa shape index (κ2) is 4.86. The zero-order valence-electron chi connectivity index (χ0n) is 10.9. The highest BCUT2D eigenvalue weighted by Gasteiger charge is 2.34. The number of hydrogen-bond donors (Lipinski definition) is 2. The molecule has 0 saturated carbocycles. The van der Waals surface area contributed by atoms with E-state index in [4.69, 9.17) is 0 Å². The number of piperidine rings is 1. The Hall–Kier alpha value is -1.13. The lowest BCUT2D eigenvalue weighted by molar-refractivity contribution is 0.303. The fourth-order valence-electron chi connectivity index (χ4n) is 3.20. The predicted molar refractivity (Wildman–Crippen MR) is 70.4 cm³/mol. The Bertz CT molecular complexity index is 421. The molecular formula is C14H21N3O. The summed E-state index contributed by atoms with van der Waals surface area (Å²) in [4.78, 5) is 6.85. The molecule has 2 aliphatic rings. The van der Waals surface area contributed by atoms with E-state index in [1.54, 1.807) is 6.07 Å². The lowest BCUT2D eigenvalue weighted by Gasteiger charge is -2.24. The molecule has 1 aromatic rings. The fraction of sp³-hybridized carbons (Fsp3) is 0.643. The maximum atomic E-state index is 9.85. The van der Waals surface area contributed by atoms with Crippen molar-refractivity contribution >= 4 is 0 Å². The first kappa shape index (κ1) is 11.9. The van der Waals surface area contributed by atoms with Gasteiger partial charge in [-0.1, -0.05) is 0 Å². The number of pyridine rings is 1. The minimum atomic E-state index is 0.323. The van der Waals surface area contributed by atoms with E-state index in [9.17, 15) is 5.11 Å². The van der Waals surface area contributed by atoms with Gasteiger partial charge in [0, 0.05) is 31.4 Å². The zero-order valence-corrected chi connectivity index (χ0v) is 10.9. The van der Waals surface area contributed by atoms with Crippen molar-refractivity contribution in [1.29, 1.82) is 0 Å². The van der Waals surface area contributed by atoms with Crippen molar-refractivity contribution in [3.8, 4) is 5.75 Å². The van der Waals surface area contributed by atoms with Gasteiger partial charge in [0.25, 0.3) is 0 Å². The summed E-state index contributed by atoms with van der Waals surface area (Å²) in [6, 6.07) is 4.24. The highest BCUT2D eigenvalue weighted by molar-refractivity contribution is 5.27. The van der Waals surface area contributed by atoms with Gasteiger partial charge < -0.3 is 10.4 Å². The summed E-state index contributed by atoms with van der Waals surface area (Å²) in [6.45, 7) is 6.10. The quantitative estimate of drug-likeness (QED) is 0.826. The average Bonchev–Trinajstić information content (AvgIpc) is 2.76. The molecule has 0 spiro atoms. The zero-order chi connectivity index (χ0) is 12.5. The molecule has 0 amide bonds. The number of likely N-dealkylation sites (tertiary alicyclic amines) is 1. The van der Waals surface area contributed by atoms with E-state index in [-0.39, 0.29) is 0 Å². The maximum absolute atomic E-state index is 9.85. The van der Waals surface area contributed by atoms with E-state index < -0.39 is 0 Å². The largest absolute Gasteiger partial charge is 0.506 e. The first-order valence-electron chi connectivity index (χ1n) is 6.83. The molecule has 3 rings (SSSR count). The topological polar surface area (TPSA) is 48.4 Å². The third kappa shape index (κ3) is 2.35. The Kier molecular flexibility index (Phi) is 3.22. The highest BCUT2D eigenvalue weighted by atomic mass is 16.3. The third-order valence-corrected chi connectivity index (χ3v) is 4.14. The second-order valence-corrected chi connectivity index (χ2v) is 5.58. The SMILES string of the molecule is Cc1ccc(O)c(CN2C[C@@H]3CCCN[C@@H]3C2)n1. The minimum absolute atomic E-state index is 0.323. The Morgan fingerprint density at radius 1 is 1.44 bits per heavy atom. The molecule has 2 atom stereocenters. The summed E-state index contributed by atoms with van der Waals surface area (Å²) in [7, 11) is 0. The first-order valence-corrected chi connectivity index (χ1v) is 6.83. The molecule has 4 nitrogen and oxygen atoms in total. The molecule has 1 aromatic heterocycles. The lowest BCUT2D eigenvalue weighted by Crippen LogP contribution is -2.40. The summed E-state index contributed by atoms with van der Waals surface area (Å²) >= 11 is 0. The van der Waals surface area contributed by atoms with Gasteiger partial charge in [0.15, 0.2) is 0 Å².